The highest BCUT2D eigenvalue weighted by molar-refractivity contribution is 7.99. The van der Waals surface area contributed by atoms with E-state index in [0.717, 1.165) is 5.69 Å². The lowest BCUT2D eigenvalue weighted by Gasteiger charge is -2.14. The van der Waals surface area contributed by atoms with Crippen LogP contribution in [0.15, 0.2) is 16.0 Å². The lowest BCUT2D eigenvalue weighted by molar-refractivity contribution is -0.118. The van der Waals surface area contributed by atoms with Gasteiger partial charge in [-0.05, 0) is 26.8 Å². The molecular weight excluding hydrogens is 278 g/mol. The number of amides is 1. The van der Waals surface area contributed by atoms with Gasteiger partial charge in [-0.1, -0.05) is 11.8 Å². The molecule has 0 atom stereocenters. The third-order valence-electron chi connectivity index (χ3n) is 2.80. The molecular formula is C12H17N5O2S. The predicted octanol–water partition coefficient (Wildman–Crippen LogP) is 0.696. The smallest absolute Gasteiger partial charge is 0.278 e. The van der Waals surface area contributed by atoms with Crippen molar-refractivity contribution in [2.45, 2.75) is 32.0 Å². The van der Waals surface area contributed by atoms with E-state index < -0.39 is 0 Å². The maximum Gasteiger partial charge on any atom is 0.278 e. The van der Waals surface area contributed by atoms with Gasteiger partial charge in [-0.2, -0.15) is 0 Å². The fraction of sp³-hybridized carbons (Fsp3) is 0.417. The summed E-state index contributed by atoms with van der Waals surface area (Å²) in [7, 11) is 0. The molecule has 1 amide bonds. The summed E-state index contributed by atoms with van der Waals surface area (Å²) in [4.78, 5) is 31.2. The van der Waals surface area contributed by atoms with Gasteiger partial charge in [0.1, 0.15) is 5.52 Å². The number of hydrogen-bond acceptors (Lipinski definition) is 5. The molecule has 0 unspecified atom stereocenters. The minimum absolute atomic E-state index is 0.0496. The standard InChI is InChI=1S/C12H17N5O2S/c1-6(2)17-11(19)10-8(4-7(3)14-10)15-12(17)20-5-9(18)16-13/h4,6,14H,5,13H2,1-3H3,(H,16,18). The third kappa shape index (κ3) is 2.70. The second-order valence-electron chi connectivity index (χ2n) is 4.73. The first-order chi connectivity index (χ1) is 9.43. The van der Waals surface area contributed by atoms with Gasteiger partial charge in [0.15, 0.2) is 5.16 Å². The van der Waals surface area contributed by atoms with Crippen molar-refractivity contribution in [3.63, 3.8) is 0 Å². The van der Waals surface area contributed by atoms with Crippen LogP contribution in [-0.2, 0) is 4.79 Å². The van der Waals surface area contributed by atoms with E-state index in [1.54, 1.807) is 4.57 Å². The van der Waals surface area contributed by atoms with Gasteiger partial charge in [-0.3, -0.25) is 19.6 Å². The molecule has 0 fully saturated rings. The van der Waals surface area contributed by atoms with Crippen molar-refractivity contribution in [1.29, 1.82) is 0 Å². The van der Waals surface area contributed by atoms with Gasteiger partial charge in [-0.15, -0.1) is 0 Å². The number of nitrogens with zero attached hydrogens (tertiary/aromatic N) is 2. The zero-order valence-corrected chi connectivity index (χ0v) is 12.4. The van der Waals surface area contributed by atoms with Gasteiger partial charge in [-0.25, -0.2) is 10.8 Å². The molecule has 0 aliphatic carbocycles. The van der Waals surface area contributed by atoms with Crippen LogP contribution in [0.1, 0.15) is 25.6 Å². The van der Waals surface area contributed by atoms with Crippen LogP contribution in [0.2, 0.25) is 0 Å². The summed E-state index contributed by atoms with van der Waals surface area (Å²) < 4.78 is 1.58. The molecule has 2 heterocycles. The highest BCUT2D eigenvalue weighted by Crippen LogP contribution is 2.20. The number of aromatic amines is 1. The van der Waals surface area contributed by atoms with E-state index in [1.165, 1.54) is 11.8 Å². The summed E-state index contributed by atoms with van der Waals surface area (Å²) in [5.41, 5.74) is 3.91. The Labute approximate surface area is 119 Å². The Morgan fingerprint density at radius 1 is 1.60 bits per heavy atom. The van der Waals surface area contributed by atoms with Crippen molar-refractivity contribution in [3.05, 3.63) is 22.1 Å². The molecule has 7 nitrogen and oxygen atoms in total. The molecule has 8 heteroatoms. The number of carbonyl (C=O) groups excluding carboxylic acids is 1. The van der Waals surface area contributed by atoms with Crippen molar-refractivity contribution in [3.8, 4) is 0 Å². The first-order valence-corrected chi connectivity index (χ1v) is 7.16. The summed E-state index contributed by atoms with van der Waals surface area (Å²) in [5.74, 6) is 4.85. The minimum Gasteiger partial charge on any atom is -0.353 e. The summed E-state index contributed by atoms with van der Waals surface area (Å²) in [6.45, 7) is 5.67. The number of carbonyl (C=O) groups is 1. The lowest BCUT2D eigenvalue weighted by Crippen LogP contribution is -2.32. The number of hydrazine groups is 1. The Bertz CT molecular complexity index is 704. The highest BCUT2D eigenvalue weighted by atomic mass is 32.2. The molecule has 0 spiro atoms. The van der Waals surface area contributed by atoms with Crippen LogP contribution < -0.4 is 16.8 Å². The fourth-order valence-electron chi connectivity index (χ4n) is 1.92. The van der Waals surface area contributed by atoms with Crippen LogP contribution in [0.5, 0.6) is 0 Å². The molecule has 20 heavy (non-hydrogen) atoms. The number of hydrogen-bond donors (Lipinski definition) is 3. The largest absolute Gasteiger partial charge is 0.353 e. The molecule has 108 valence electrons. The number of fused-ring (bicyclic) bond motifs is 1. The zero-order chi connectivity index (χ0) is 14.9. The molecule has 0 aliphatic heterocycles. The zero-order valence-electron chi connectivity index (χ0n) is 11.6. The maximum atomic E-state index is 12.5. The monoisotopic (exact) mass is 295 g/mol. The third-order valence-corrected chi connectivity index (χ3v) is 3.75. The van der Waals surface area contributed by atoms with Crippen LogP contribution in [-0.4, -0.2) is 26.2 Å². The highest BCUT2D eigenvalue weighted by Gasteiger charge is 2.16. The van der Waals surface area contributed by atoms with E-state index in [1.807, 2.05) is 26.8 Å². The second kappa shape index (κ2) is 5.68. The Morgan fingerprint density at radius 2 is 2.30 bits per heavy atom. The molecule has 0 bridgehead atoms. The van der Waals surface area contributed by atoms with Gasteiger partial charge in [0, 0.05) is 11.7 Å². The van der Waals surface area contributed by atoms with Crippen LogP contribution in [0.3, 0.4) is 0 Å². The van der Waals surface area contributed by atoms with Gasteiger partial charge in [0.2, 0.25) is 5.91 Å². The Morgan fingerprint density at radius 3 is 2.90 bits per heavy atom. The van der Waals surface area contributed by atoms with Gasteiger partial charge >= 0.3 is 0 Å². The molecule has 2 aromatic heterocycles. The molecule has 2 rings (SSSR count). The van der Waals surface area contributed by atoms with Gasteiger partial charge in [0.25, 0.3) is 5.56 Å². The average molecular weight is 295 g/mol. The van der Waals surface area contributed by atoms with Crippen molar-refractivity contribution in [1.82, 2.24) is 20.0 Å². The van der Waals surface area contributed by atoms with Gasteiger partial charge in [0.05, 0.1) is 11.3 Å². The summed E-state index contributed by atoms with van der Waals surface area (Å²) in [6.07, 6.45) is 0. The number of aromatic nitrogens is 3. The maximum absolute atomic E-state index is 12.5. The van der Waals surface area contributed by atoms with E-state index in [0.29, 0.717) is 16.2 Å². The Hall–Kier alpha value is -1.80. The van der Waals surface area contributed by atoms with Gasteiger partial charge < -0.3 is 4.98 Å². The van der Waals surface area contributed by atoms with E-state index in [2.05, 4.69) is 15.4 Å². The van der Waals surface area contributed by atoms with Crippen LogP contribution >= 0.6 is 11.8 Å². The molecule has 0 saturated carbocycles. The number of aryl methyl sites for hydroxylation is 1. The average Bonchev–Trinajstić information content (AvgIpc) is 2.76. The lowest BCUT2D eigenvalue weighted by atomic mass is 10.3. The van der Waals surface area contributed by atoms with E-state index in [4.69, 9.17) is 5.84 Å². The van der Waals surface area contributed by atoms with Crippen LogP contribution in [0, 0.1) is 6.92 Å². The SMILES string of the molecule is Cc1cc2nc(SCC(=O)NN)n(C(C)C)c(=O)c2[nH]1. The summed E-state index contributed by atoms with van der Waals surface area (Å²) in [5, 5.41) is 0.514. The number of rotatable bonds is 4. The Balaban J connectivity index is 2.53. The minimum atomic E-state index is -0.315. The first-order valence-electron chi connectivity index (χ1n) is 6.18. The number of nitrogens with two attached hydrogens (primary N) is 1. The molecule has 0 aromatic carbocycles. The quantitative estimate of drug-likeness (QED) is 0.253. The fourth-order valence-corrected chi connectivity index (χ4v) is 2.86. The molecule has 4 N–H and O–H groups in total. The molecule has 0 saturated heterocycles. The molecule has 0 aliphatic rings. The topological polar surface area (TPSA) is 106 Å². The number of thioether (sulfide) groups is 1. The van der Waals surface area contributed by atoms with Crippen LogP contribution in [0.25, 0.3) is 11.0 Å². The Kier molecular flexibility index (Phi) is 4.15. The normalized spacial score (nSPS) is 11.2. The van der Waals surface area contributed by atoms with Crippen molar-refractivity contribution in [2.24, 2.45) is 5.84 Å². The van der Waals surface area contributed by atoms with Crippen LogP contribution in [0.4, 0.5) is 0 Å². The van der Waals surface area contributed by atoms with Crippen molar-refractivity contribution >= 4 is 28.7 Å². The number of H-pyrrole nitrogens is 1. The second-order valence-corrected chi connectivity index (χ2v) is 5.67. The van der Waals surface area contributed by atoms with Crippen molar-refractivity contribution in [2.75, 3.05) is 5.75 Å². The van der Waals surface area contributed by atoms with E-state index in [-0.39, 0.29) is 23.3 Å². The first kappa shape index (κ1) is 14.6. The van der Waals surface area contributed by atoms with E-state index >= 15 is 0 Å². The number of nitrogens with one attached hydrogen (secondary N) is 2. The predicted molar refractivity (Wildman–Crippen MR) is 78.5 cm³/mol. The van der Waals surface area contributed by atoms with E-state index in [9.17, 15) is 9.59 Å². The molecule has 0 radical (unpaired) electrons. The molecule has 2 aromatic rings. The summed E-state index contributed by atoms with van der Waals surface area (Å²) in [6, 6.07) is 1.76. The summed E-state index contributed by atoms with van der Waals surface area (Å²) >= 11 is 1.19. The van der Waals surface area contributed by atoms with Crippen molar-refractivity contribution < 1.29 is 4.79 Å².